The maximum atomic E-state index is 12.2. The first kappa shape index (κ1) is 18.2. The molecule has 0 spiro atoms. The molecule has 144 valence electrons. The zero-order valence-electron chi connectivity index (χ0n) is 16.0. The van der Waals surface area contributed by atoms with Gasteiger partial charge in [0.2, 0.25) is 0 Å². The van der Waals surface area contributed by atoms with Crippen LogP contribution in [0, 0.1) is 28.6 Å². The molecular weight excluding hydrogens is 332 g/mol. The Morgan fingerprint density at radius 1 is 1.31 bits per heavy atom. The van der Waals surface area contributed by atoms with Crippen LogP contribution in [0.1, 0.15) is 58.8 Å². The number of aliphatic hydroxyl groups is 1. The van der Waals surface area contributed by atoms with Gasteiger partial charge in [0.05, 0.1) is 6.10 Å². The highest BCUT2D eigenvalue weighted by Gasteiger charge is 2.69. The van der Waals surface area contributed by atoms with E-state index >= 15 is 0 Å². The number of carbonyl (C=O) groups is 2. The second-order valence-corrected chi connectivity index (χ2v) is 9.46. The number of aliphatic hydroxyl groups excluding tert-OH is 1. The summed E-state index contributed by atoms with van der Waals surface area (Å²) in [5.41, 5.74) is -0.719. The lowest BCUT2D eigenvalue weighted by Crippen LogP contribution is -2.62. The van der Waals surface area contributed by atoms with Crippen LogP contribution in [0.25, 0.3) is 0 Å². The number of carbonyl (C=O) groups excluding carboxylic acids is 1. The minimum absolute atomic E-state index is 0.107. The minimum Gasteiger partial charge on any atom is -0.479 e. The number of carboxylic acid groups (broad SMARTS) is 1. The van der Waals surface area contributed by atoms with Crippen molar-refractivity contribution >= 4 is 11.8 Å². The van der Waals surface area contributed by atoms with Crippen molar-refractivity contribution in [2.24, 2.45) is 28.6 Å². The van der Waals surface area contributed by atoms with Crippen molar-refractivity contribution in [1.82, 2.24) is 0 Å². The molecule has 4 aliphatic carbocycles. The van der Waals surface area contributed by atoms with Crippen molar-refractivity contribution in [2.75, 3.05) is 7.11 Å². The van der Waals surface area contributed by atoms with Gasteiger partial charge in [-0.25, -0.2) is 4.79 Å². The quantitative estimate of drug-likeness (QED) is 0.738. The van der Waals surface area contributed by atoms with E-state index in [1.165, 1.54) is 12.7 Å². The molecule has 4 aliphatic rings. The number of Topliss-reactive ketones (excluding diaryl/α,β-unsaturated/α-hetero) is 1. The van der Waals surface area contributed by atoms with Gasteiger partial charge in [0.15, 0.2) is 5.60 Å². The van der Waals surface area contributed by atoms with Gasteiger partial charge in [-0.05, 0) is 55.3 Å². The number of ketones is 1. The first-order valence-corrected chi connectivity index (χ1v) is 9.87. The summed E-state index contributed by atoms with van der Waals surface area (Å²) >= 11 is 0. The summed E-state index contributed by atoms with van der Waals surface area (Å²) in [5, 5.41) is 21.2. The standard InChI is InChI=1S/C21H30O5/c1-19-8-6-13(22)10-12(19)4-5-14-15-7-9-21(26-3,18(24)25)20(15,2)11-16(23)17(14)19/h4,14-17,23H,5-11H2,1-3H3,(H,24,25)/t14?,15?,16?,17?,19?,20?,21-/m1/s1. The Bertz CT molecular complexity index is 684. The van der Waals surface area contributed by atoms with Gasteiger partial charge < -0.3 is 14.9 Å². The van der Waals surface area contributed by atoms with Crippen LogP contribution >= 0.6 is 0 Å². The molecule has 0 radical (unpaired) electrons. The van der Waals surface area contributed by atoms with Crippen LogP contribution in [0.15, 0.2) is 11.6 Å². The summed E-state index contributed by atoms with van der Waals surface area (Å²) in [6, 6.07) is 0. The zero-order valence-corrected chi connectivity index (χ0v) is 16.0. The third-order valence-corrected chi connectivity index (χ3v) is 8.68. The normalized spacial score (nSPS) is 50.5. The molecule has 0 aliphatic heterocycles. The fraction of sp³-hybridized carbons (Fsp3) is 0.810. The SMILES string of the molecule is CO[C@@]1(C(=O)O)CCC2C3CC=C4CC(=O)CCC4(C)C3C(O)CC21C. The number of ether oxygens (including phenoxy) is 1. The number of methoxy groups -OCH3 is 1. The second kappa shape index (κ2) is 5.65. The largest absolute Gasteiger partial charge is 0.479 e. The van der Waals surface area contributed by atoms with Gasteiger partial charge in [0, 0.05) is 25.4 Å². The molecule has 0 heterocycles. The van der Waals surface area contributed by atoms with Crippen molar-refractivity contribution in [3.63, 3.8) is 0 Å². The van der Waals surface area contributed by atoms with E-state index in [-0.39, 0.29) is 23.2 Å². The molecule has 5 heteroatoms. The number of fused-ring (bicyclic) bond motifs is 5. The molecule has 0 aromatic carbocycles. The summed E-state index contributed by atoms with van der Waals surface area (Å²) in [6.07, 6.45) is 6.18. The first-order chi connectivity index (χ1) is 12.2. The average Bonchev–Trinajstić information content (AvgIpc) is 2.88. The average molecular weight is 362 g/mol. The maximum Gasteiger partial charge on any atom is 0.336 e. The van der Waals surface area contributed by atoms with Gasteiger partial charge in [0.1, 0.15) is 5.78 Å². The van der Waals surface area contributed by atoms with E-state index in [9.17, 15) is 19.8 Å². The minimum atomic E-state index is -1.21. The van der Waals surface area contributed by atoms with Crippen LogP contribution in [-0.2, 0) is 14.3 Å². The van der Waals surface area contributed by atoms with Crippen molar-refractivity contribution in [3.05, 3.63) is 11.6 Å². The molecule has 0 aromatic heterocycles. The van der Waals surface area contributed by atoms with Gasteiger partial charge in [-0.1, -0.05) is 25.5 Å². The summed E-state index contributed by atoms with van der Waals surface area (Å²) < 4.78 is 5.64. The Hall–Kier alpha value is -1.20. The van der Waals surface area contributed by atoms with Crippen LogP contribution in [0.3, 0.4) is 0 Å². The van der Waals surface area contributed by atoms with E-state index in [0.717, 1.165) is 19.3 Å². The number of aliphatic carboxylic acids is 1. The molecule has 6 unspecified atom stereocenters. The third-order valence-electron chi connectivity index (χ3n) is 8.68. The molecule has 0 saturated heterocycles. The fourth-order valence-corrected chi connectivity index (χ4v) is 7.37. The summed E-state index contributed by atoms with van der Waals surface area (Å²) in [7, 11) is 1.49. The molecular formula is C21H30O5. The molecule has 26 heavy (non-hydrogen) atoms. The lowest BCUT2D eigenvalue weighted by Gasteiger charge is -2.60. The Balaban J connectivity index is 1.76. The van der Waals surface area contributed by atoms with Gasteiger partial charge in [-0.2, -0.15) is 0 Å². The summed E-state index contributed by atoms with van der Waals surface area (Å²) in [5.74, 6) is -0.0268. The van der Waals surface area contributed by atoms with Crippen molar-refractivity contribution in [3.8, 4) is 0 Å². The highest BCUT2D eigenvalue weighted by atomic mass is 16.5. The molecule has 3 fully saturated rings. The van der Waals surface area contributed by atoms with E-state index in [1.54, 1.807) is 0 Å². The van der Waals surface area contributed by atoms with E-state index in [2.05, 4.69) is 13.0 Å². The first-order valence-electron chi connectivity index (χ1n) is 9.87. The Morgan fingerprint density at radius 2 is 2.04 bits per heavy atom. The van der Waals surface area contributed by atoms with E-state index in [0.29, 0.717) is 31.5 Å². The van der Waals surface area contributed by atoms with E-state index < -0.39 is 23.1 Å². The molecule has 5 nitrogen and oxygen atoms in total. The summed E-state index contributed by atoms with van der Waals surface area (Å²) in [4.78, 5) is 24.1. The van der Waals surface area contributed by atoms with Crippen LogP contribution < -0.4 is 0 Å². The number of allylic oxidation sites excluding steroid dienone is 2. The van der Waals surface area contributed by atoms with Gasteiger partial charge >= 0.3 is 5.97 Å². The fourth-order valence-electron chi connectivity index (χ4n) is 7.37. The number of hydrogen-bond donors (Lipinski definition) is 2. The van der Waals surface area contributed by atoms with E-state index in [1.807, 2.05) is 6.92 Å². The smallest absolute Gasteiger partial charge is 0.336 e. The number of carboxylic acids is 1. The van der Waals surface area contributed by atoms with Crippen LogP contribution in [0.5, 0.6) is 0 Å². The monoisotopic (exact) mass is 362 g/mol. The number of hydrogen-bond acceptors (Lipinski definition) is 4. The molecule has 4 rings (SSSR count). The molecule has 0 bridgehead atoms. The van der Waals surface area contributed by atoms with Crippen LogP contribution in [0.4, 0.5) is 0 Å². The van der Waals surface area contributed by atoms with Crippen molar-refractivity contribution < 1.29 is 24.5 Å². The third kappa shape index (κ3) is 2.04. The highest BCUT2D eigenvalue weighted by Crippen LogP contribution is 2.67. The Morgan fingerprint density at radius 3 is 2.69 bits per heavy atom. The second-order valence-electron chi connectivity index (χ2n) is 9.46. The van der Waals surface area contributed by atoms with Gasteiger partial charge in [-0.15, -0.1) is 0 Å². The predicted octanol–water partition coefficient (Wildman–Crippen LogP) is 2.96. The predicted molar refractivity (Wildman–Crippen MR) is 95.5 cm³/mol. The number of rotatable bonds is 2. The molecule has 0 amide bonds. The van der Waals surface area contributed by atoms with Gasteiger partial charge in [-0.3, -0.25) is 4.79 Å². The van der Waals surface area contributed by atoms with Crippen molar-refractivity contribution in [1.29, 1.82) is 0 Å². The molecule has 3 saturated carbocycles. The maximum absolute atomic E-state index is 12.2. The lowest BCUT2D eigenvalue weighted by atomic mass is 9.46. The Kier molecular flexibility index (Phi) is 3.95. The summed E-state index contributed by atoms with van der Waals surface area (Å²) in [6.45, 7) is 4.22. The molecule has 2 N–H and O–H groups in total. The lowest BCUT2D eigenvalue weighted by molar-refractivity contribution is -0.200. The van der Waals surface area contributed by atoms with E-state index in [4.69, 9.17) is 4.74 Å². The molecule has 7 atom stereocenters. The zero-order chi connectivity index (χ0) is 18.9. The van der Waals surface area contributed by atoms with Crippen molar-refractivity contribution in [2.45, 2.75) is 70.5 Å². The van der Waals surface area contributed by atoms with Crippen LogP contribution in [0.2, 0.25) is 0 Å². The molecule has 0 aromatic rings. The van der Waals surface area contributed by atoms with Gasteiger partial charge in [0.25, 0.3) is 0 Å². The highest BCUT2D eigenvalue weighted by molar-refractivity contribution is 5.83. The topological polar surface area (TPSA) is 83.8 Å². The Labute approximate surface area is 154 Å². The van der Waals surface area contributed by atoms with Crippen LogP contribution in [-0.4, -0.2) is 40.8 Å².